The van der Waals surface area contributed by atoms with Gasteiger partial charge in [0.1, 0.15) is 0 Å². The van der Waals surface area contributed by atoms with E-state index in [0.717, 1.165) is 16.8 Å². The maximum Gasteiger partial charge on any atom is 0.237 e. The molecule has 0 saturated heterocycles. The SMILES string of the molecule is CC(NC(=O)[C@@H](C)N)c1ccc2c(c1)CC(=O)N2. The van der Waals surface area contributed by atoms with E-state index in [0.29, 0.717) is 6.42 Å². The highest BCUT2D eigenvalue weighted by molar-refractivity contribution is 5.99. The van der Waals surface area contributed by atoms with Gasteiger partial charge in [-0.1, -0.05) is 12.1 Å². The van der Waals surface area contributed by atoms with Gasteiger partial charge in [-0.2, -0.15) is 0 Å². The molecule has 4 N–H and O–H groups in total. The van der Waals surface area contributed by atoms with Gasteiger partial charge in [0.15, 0.2) is 0 Å². The normalized spacial score (nSPS) is 16.7. The highest BCUT2D eigenvalue weighted by Gasteiger charge is 2.19. The summed E-state index contributed by atoms with van der Waals surface area (Å²) in [5, 5.41) is 5.60. The van der Waals surface area contributed by atoms with Crippen molar-refractivity contribution in [3.05, 3.63) is 29.3 Å². The average molecular weight is 247 g/mol. The van der Waals surface area contributed by atoms with Crippen molar-refractivity contribution < 1.29 is 9.59 Å². The summed E-state index contributed by atoms with van der Waals surface area (Å²) >= 11 is 0. The van der Waals surface area contributed by atoms with Crippen LogP contribution in [0.3, 0.4) is 0 Å². The number of nitrogens with two attached hydrogens (primary N) is 1. The number of benzene rings is 1. The summed E-state index contributed by atoms with van der Waals surface area (Å²) in [6.45, 7) is 3.54. The lowest BCUT2D eigenvalue weighted by Gasteiger charge is -2.16. The lowest BCUT2D eigenvalue weighted by molar-refractivity contribution is -0.122. The van der Waals surface area contributed by atoms with Crippen LogP contribution in [0.15, 0.2) is 18.2 Å². The van der Waals surface area contributed by atoms with Gasteiger partial charge in [0.2, 0.25) is 11.8 Å². The first-order chi connectivity index (χ1) is 8.47. The zero-order chi connectivity index (χ0) is 13.3. The maximum absolute atomic E-state index is 11.5. The molecular weight excluding hydrogens is 230 g/mol. The van der Waals surface area contributed by atoms with Gasteiger partial charge in [-0.05, 0) is 31.0 Å². The van der Waals surface area contributed by atoms with Crippen LogP contribution in [0, 0.1) is 0 Å². The van der Waals surface area contributed by atoms with Crippen molar-refractivity contribution in [2.75, 3.05) is 5.32 Å². The Hall–Kier alpha value is -1.88. The van der Waals surface area contributed by atoms with E-state index in [1.165, 1.54) is 0 Å². The Morgan fingerprint density at radius 1 is 1.44 bits per heavy atom. The van der Waals surface area contributed by atoms with Crippen LogP contribution in [0.2, 0.25) is 0 Å². The van der Waals surface area contributed by atoms with Crippen LogP contribution in [0.25, 0.3) is 0 Å². The summed E-state index contributed by atoms with van der Waals surface area (Å²) < 4.78 is 0. The van der Waals surface area contributed by atoms with Crippen molar-refractivity contribution in [2.24, 2.45) is 5.73 Å². The largest absolute Gasteiger partial charge is 0.348 e. The minimum Gasteiger partial charge on any atom is -0.348 e. The Kier molecular flexibility index (Phi) is 3.34. The van der Waals surface area contributed by atoms with Crippen LogP contribution in [0.1, 0.15) is 31.0 Å². The molecule has 1 heterocycles. The Balaban J connectivity index is 2.13. The third-order valence-electron chi connectivity index (χ3n) is 3.03. The van der Waals surface area contributed by atoms with Gasteiger partial charge in [0, 0.05) is 5.69 Å². The van der Waals surface area contributed by atoms with E-state index in [2.05, 4.69) is 10.6 Å². The first-order valence-corrected chi connectivity index (χ1v) is 5.96. The first-order valence-electron chi connectivity index (χ1n) is 5.96. The van der Waals surface area contributed by atoms with E-state index in [-0.39, 0.29) is 17.9 Å². The maximum atomic E-state index is 11.5. The highest BCUT2D eigenvalue weighted by Crippen LogP contribution is 2.26. The van der Waals surface area contributed by atoms with Gasteiger partial charge in [0.25, 0.3) is 0 Å². The molecule has 18 heavy (non-hydrogen) atoms. The van der Waals surface area contributed by atoms with Gasteiger partial charge in [-0.15, -0.1) is 0 Å². The number of rotatable bonds is 3. The number of anilines is 1. The van der Waals surface area contributed by atoms with E-state index in [1.807, 2.05) is 25.1 Å². The highest BCUT2D eigenvalue weighted by atomic mass is 16.2. The molecule has 2 atom stereocenters. The van der Waals surface area contributed by atoms with Gasteiger partial charge in [0.05, 0.1) is 18.5 Å². The number of hydrogen-bond donors (Lipinski definition) is 3. The summed E-state index contributed by atoms with van der Waals surface area (Å²) in [5.41, 5.74) is 8.30. The minimum absolute atomic E-state index is 0.00872. The van der Waals surface area contributed by atoms with Crippen molar-refractivity contribution in [1.82, 2.24) is 5.32 Å². The van der Waals surface area contributed by atoms with Crippen LogP contribution in [0.5, 0.6) is 0 Å². The number of nitrogens with one attached hydrogen (secondary N) is 2. The van der Waals surface area contributed by atoms with E-state index < -0.39 is 6.04 Å². The molecule has 1 aromatic rings. The molecule has 0 aliphatic carbocycles. The Morgan fingerprint density at radius 3 is 2.83 bits per heavy atom. The average Bonchev–Trinajstić information content (AvgIpc) is 2.67. The second kappa shape index (κ2) is 4.78. The van der Waals surface area contributed by atoms with Crippen molar-refractivity contribution in [2.45, 2.75) is 32.4 Å². The number of amides is 2. The second-order valence-electron chi connectivity index (χ2n) is 4.66. The van der Waals surface area contributed by atoms with Gasteiger partial charge in [-0.3, -0.25) is 9.59 Å². The topological polar surface area (TPSA) is 84.2 Å². The number of hydrogen-bond acceptors (Lipinski definition) is 3. The lowest BCUT2D eigenvalue weighted by atomic mass is 10.0. The van der Waals surface area contributed by atoms with Crippen LogP contribution < -0.4 is 16.4 Å². The van der Waals surface area contributed by atoms with E-state index in [4.69, 9.17) is 5.73 Å². The smallest absolute Gasteiger partial charge is 0.237 e. The molecule has 0 radical (unpaired) electrons. The monoisotopic (exact) mass is 247 g/mol. The quantitative estimate of drug-likeness (QED) is 0.735. The molecule has 1 aromatic carbocycles. The molecule has 1 aliphatic heterocycles. The van der Waals surface area contributed by atoms with Gasteiger partial charge in [-0.25, -0.2) is 0 Å². The molecule has 0 saturated carbocycles. The number of fused-ring (bicyclic) bond motifs is 1. The predicted molar refractivity (Wildman–Crippen MR) is 69.0 cm³/mol. The van der Waals surface area contributed by atoms with E-state index in [1.54, 1.807) is 6.92 Å². The molecule has 96 valence electrons. The van der Waals surface area contributed by atoms with Crippen molar-refractivity contribution >= 4 is 17.5 Å². The molecule has 1 aliphatic rings. The summed E-state index contributed by atoms with van der Waals surface area (Å²) in [6.07, 6.45) is 0.400. The van der Waals surface area contributed by atoms with Crippen molar-refractivity contribution in [3.8, 4) is 0 Å². The second-order valence-corrected chi connectivity index (χ2v) is 4.66. The molecule has 0 fully saturated rings. The van der Waals surface area contributed by atoms with E-state index >= 15 is 0 Å². The molecular formula is C13H17N3O2. The Labute approximate surface area is 106 Å². The van der Waals surface area contributed by atoms with Crippen LogP contribution in [0.4, 0.5) is 5.69 Å². The zero-order valence-corrected chi connectivity index (χ0v) is 10.5. The standard InChI is InChI=1S/C13H17N3O2/c1-7(14)13(18)15-8(2)9-3-4-11-10(5-9)6-12(17)16-11/h3-5,7-8H,6,14H2,1-2H3,(H,15,18)(H,16,17)/t7-,8?/m1/s1. The Morgan fingerprint density at radius 2 is 2.17 bits per heavy atom. The lowest BCUT2D eigenvalue weighted by Crippen LogP contribution is -2.39. The van der Waals surface area contributed by atoms with Gasteiger partial charge >= 0.3 is 0 Å². The predicted octanol–water partition coefficient (Wildman–Crippen LogP) is 0.706. The molecule has 2 rings (SSSR count). The Bertz CT molecular complexity index is 497. The van der Waals surface area contributed by atoms with Crippen LogP contribution >= 0.6 is 0 Å². The summed E-state index contributed by atoms with van der Waals surface area (Å²) in [7, 11) is 0. The summed E-state index contributed by atoms with van der Waals surface area (Å²) in [5.74, 6) is -0.174. The third kappa shape index (κ3) is 2.51. The van der Waals surface area contributed by atoms with Crippen molar-refractivity contribution in [1.29, 1.82) is 0 Å². The molecule has 0 aromatic heterocycles. The molecule has 5 nitrogen and oxygen atoms in total. The molecule has 5 heteroatoms. The van der Waals surface area contributed by atoms with Crippen LogP contribution in [-0.4, -0.2) is 17.9 Å². The molecule has 0 bridgehead atoms. The zero-order valence-electron chi connectivity index (χ0n) is 10.5. The molecule has 1 unspecified atom stereocenters. The van der Waals surface area contributed by atoms with Crippen molar-refractivity contribution in [3.63, 3.8) is 0 Å². The van der Waals surface area contributed by atoms with Gasteiger partial charge < -0.3 is 16.4 Å². The number of carbonyl (C=O) groups excluding carboxylic acids is 2. The fraction of sp³-hybridized carbons (Fsp3) is 0.385. The van der Waals surface area contributed by atoms with E-state index in [9.17, 15) is 9.59 Å². The molecule has 0 spiro atoms. The first kappa shape index (κ1) is 12.6. The number of carbonyl (C=O) groups is 2. The van der Waals surface area contributed by atoms with Crippen LogP contribution in [-0.2, 0) is 16.0 Å². The minimum atomic E-state index is -0.523. The fourth-order valence-corrected chi connectivity index (χ4v) is 1.95. The molecule has 2 amide bonds. The third-order valence-corrected chi connectivity index (χ3v) is 3.03. The fourth-order valence-electron chi connectivity index (χ4n) is 1.95. The summed E-state index contributed by atoms with van der Waals surface area (Å²) in [4.78, 5) is 22.8. The summed E-state index contributed by atoms with van der Waals surface area (Å²) in [6, 6.07) is 5.06.